The Kier molecular flexibility index (Phi) is 5.81. The third-order valence-corrected chi connectivity index (χ3v) is 3.24. The summed E-state index contributed by atoms with van der Waals surface area (Å²) < 4.78 is 11.3. The highest BCUT2D eigenvalue weighted by Gasteiger charge is 2.16. The van der Waals surface area contributed by atoms with Crippen LogP contribution in [0.15, 0.2) is 24.3 Å². The van der Waals surface area contributed by atoms with Crippen molar-refractivity contribution in [2.45, 2.75) is 6.10 Å². The molecule has 1 aromatic rings. The number of nitrogens with one attached hydrogen (secondary N) is 1. The van der Waals surface area contributed by atoms with Gasteiger partial charge in [0, 0.05) is 26.2 Å². The summed E-state index contributed by atoms with van der Waals surface area (Å²) in [6.07, 6.45) is 0.267. The van der Waals surface area contributed by atoms with Crippen LogP contribution in [0.4, 0.5) is 0 Å². The second-order valence-corrected chi connectivity index (χ2v) is 4.94. The van der Waals surface area contributed by atoms with Crippen LogP contribution in [0.3, 0.4) is 0 Å². The number of nitriles is 1. The molecule has 0 radical (unpaired) electrons. The molecule has 0 bridgehead atoms. The Bertz CT molecular complexity index is 441. The van der Waals surface area contributed by atoms with E-state index in [0.717, 1.165) is 38.5 Å². The standard InChI is InChI=1S/C15H21N3O2/c1-18-7-9-20-15(12-18)11-17-6-8-19-14-4-2-13(10-16)3-5-14/h2-5,15,17H,6-9,11-12H2,1H3. The van der Waals surface area contributed by atoms with Gasteiger partial charge in [0.05, 0.1) is 24.3 Å². The SMILES string of the molecule is CN1CCOC(CNCCOc2ccc(C#N)cc2)C1. The van der Waals surface area contributed by atoms with Gasteiger partial charge in [-0.25, -0.2) is 0 Å². The van der Waals surface area contributed by atoms with E-state index >= 15 is 0 Å². The third kappa shape index (κ3) is 4.82. The molecule has 0 aromatic heterocycles. The predicted molar refractivity (Wildman–Crippen MR) is 76.8 cm³/mol. The van der Waals surface area contributed by atoms with Crippen molar-refractivity contribution in [2.75, 3.05) is 46.4 Å². The maximum Gasteiger partial charge on any atom is 0.119 e. The highest BCUT2D eigenvalue weighted by molar-refractivity contribution is 5.34. The highest BCUT2D eigenvalue weighted by Crippen LogP contribution is 2.11. The zero-order valence-corrected chi connectivity index (χ0v) is 11.8. The first-order valence-corrected chi connectivity index (χ1v) is 6.92. The summed E-state index contributed by atoms with van der Waals surface area (Å²) in [6, 6.07) is 9.24. The molecule has 0 saturated carbocycles. The van der Waals surface area contributed by atoms with Crippen LogP contribution in [0, 0.1) is 11.3 Å². The lowest BCUT2D eigenvalue weighted by atomic mass is 10.2. The van der Waals surface area contributed by atoms with Gasteiger partial charge in [0.15, 0.2) is 0 Å². The number of hydrogen-bond acceptors (Lipinski definition) is 5. The molecule has 1 N–H and O–H groups in total. The summed E-state index contributed by atoms with van der Waals surface area (Å²) in [5, 5.41) is 12.0. The van der Waals surface area contributed by atoms with E-state index in [9.17, 15) is 0 Å². The largest absolute Gasteiger partial charge is 0.492 e. The van der Waals surface area contributed by atoms with Crippen LogP contribution < -0.4 is 10.1 Å². The van der Waals surface area contributed by atoms with Gasteiger partial charge in [-0.1, -0.05) is 0 Å². The maximum atomic E-state index is 8.70. The molecule has 1 atom stereocenters. The molecular weight excluding hydrogens is 254 g/mol. The van der Waals surface area contributed by atoms with Crippen LogP contribution in [-0.4, -0.2) is 57.4 Å². The third-order valence-electron chi connectivity index (χ3n) is 3.24. The molecular formula is C15H21N3O2. The topological polar surface area (TPSA) is 57.5 Å². The lowest BCUT2D eigenvalue weighted by Crippen LogP contribution is -2.45. The van der Waals surface area contributed by atoms with Crippen molar-refractivity contribution in [3.8, 4) is 11.8 Å². The maximum absolute atomic E-state index is 8.70. The lowest BCUT2D eigenvalue weighted by molar-refractivity contribution is -0.0182. The molecule has 1 saturated heterocycles. The number of ether oxygens (including phenoxy) is 2. The van der Waals surface area contributed by atoms with Crippen LogP contribution in [-0.2, 0) is 4.74 Å². The van der Waals surface area contributed by atoms with Gasteiger partial charge >= 0.3 is 0 Å². The van der Waals surface area contributed by atoms with Gasteiger partial charge in [0.1, 0.15) is 12.4 Å². The molecule has 1 fully saturated rings. The van der Waals surface area contributed by atoms with Gasteiger partial charge in [-0.3, -0.25) is 0 Å². The van der Waals surface area contributed by atoms with E-state index in [1.54, 1.807) is 12.1 Å². The fourth-order valence-corrected chi connectivity index (χ4v) is 2.12. The molecule has 1 unspecified atom stereocenters. The zero-order chi connectivity index (χ0) is 14.2. The molecule has 0 aliphatic carbocycles. The van der Waals surface area contributed by atoms with E-state index in [1.165, 1.54) is 0 Å². The van der Waals surface area contributed by atoms with Crippen LogP contribution >= 0.6 is 0 Å². The Balaban J connectivity index is 1.58. The average molecular weight is 275 g/mol. The van der Waals surface area contributed by atoms with Crippen LogP contribution in [0.2, 0.25) is 0 Å². The minimum absolute atomic E-state index is 0.267. The van der Waals surface area contributed by atoms with Crippen molar-refractivity contribution in [1.29, 1.82) is 5.26 Å². The van der Waals surface area contributed by atoms with E-state index in [-0.39, 0.29) is 6.10 Å². The Morgan fingerprint density at radius 2 is 2.25 bits per heavy atom. The highest BCUT2D eigenvalue weighted by atomic mass is 16.5. The summed E-state index contributed by atoms with van der Waals surface area (Å²) in [7, 11) is 2.11. The van der Waals surface area contributed by atoms with Crippen molar-refractivity contribution in [3.05, 3.63) is 29.8 Å². The monoisotopic (exact) mass is 275 g/mol. The fourth-order valence-electron chi connectivity index (χ4n) is 2.12. The van der Waals surface area contributed by atoms with Crippen molar-refractivity contribution in [1.82, 2.24) is 10.2 Å². The summed E-state index contributed by atoms with van der Waals surface area (Å²) in [5.74, 6) is 0.791. The minimum Gasteiger partial charge on any atom is -0.492 e. The van der Waals surface area contributed by atoms with E-state index < -0.39 is 0 Å². The molecule has 5 heteroatoms. The first kappa shape index (κ1) is 14.8. The summed E-state index contributed by atoms with van der Waals surface area (Å²) in [6.45, 7) is 5.03. The van der Waals surface area contributed by atoms with E-state index in [2.05, 4.69) is 23.3 Å². The molecule has 1 aliphatic heterocycles. The van der Waals surface area contributed by atoms with Crippen molar-refractivity contribution in [2.24, 2.45) is 0 Å². The second-order valence-electron chi connectivity index (χ2n) is 4.94. The molecule has 1 heterocycles. The van der Waals surface area contributed by atoms with E-state index in [1.807, 2.05) is 12.1 Å². The lowest BCUT2D eigenvalue weighted by Gasteiger charge is -2.30. The Hall–Kier alpha value is -1.61. The normalized spacial score (nSPS) is 19.5. The van der Waals surface area contributed by atoms with Crippen molar-refractivity contribution in [3.63, 3.8) is 0 Å². The van der Waals surface area contributed by atoms with Gasteiger partial charge in [0.2, 0.25) is 0 Å². The Labute approximate surface area is 120 Å². The van der Waals surface area contributed by atoms with Crippen LogP contribution in [0.1, 0.15) is 5.56 Å². The van der Waals surface area contributed by atoms with Crippen molar-refractivity contribution >= 4 is 0 Å². The fraction of sp³-hybridized carbons (Fsp3) is 0.533. The minimum atomic E-state index is 0.267. The molecule has 1 aromatic carbocycles. The zero-order valence-electron chi connectivity index (χ0n) is 11.8. The number of hydrogen-bond donors (Lipinski definition) is 1. The number of nitrogens with zero attached hydrogens (tertiary/aromatic N) is 2. The predicted octanol–water partition coefficient (Wildman–Crippen LogP) is 0.857. The van der Waals surface area contributed by atoms with Gasteiger partial charge in [0.25, 0.3) is 0 Å². The van der Waals surface area contributed by atoms with Gasteiger partial charge < -0.3 is 19.7 Å². The summed E-state index contributed by atoms with van der Waals surface area (Å²) in [5.41, 5.74) is 0.647. The Morgan fingerprint density at radius 3 is 2.95 bits per heavy atom. The molecule has 0 amide bonds. The summed E-state index contributed by atoms with van der Waals surface area (Å²) >= 11 is 0. The average Bonchev–Trinajstić information content (AvgIpc) is 2.48. The second kappa shape index (κ2) is 7.85. The smallest absolute Gasteiger partial charge is 0.119 e. The molecule has 0 spiro atoms. The van der Waals surface area contributed by atoms with Gasteiger partial charge in [-0.2, -0.15) is 5.26 Å². The number of rotatable bonds is 6. The molecule has 2 rings (SSSR count). The molecule has 5 nitrogen and oxygen atoms in total. The van der Waals surface area contributed by atoms with Gasteiger partial charge in [-0.05, 0) is 31.3 Å². The quantitative estimate of drug-likeness (QED) is 0.780. The Morgan fingerprint density at radius 1 is 1.45 bits per heavy atom. The number of morpholine rings is 1. The molecule has 20 heavy (non-hydrogen) atoms. The summed E-state index contributed by atoms with van der Waals surface area (Å²) in [4.78, 5) is 2.28. The molecule has 108 valence electrons. The number of benzene rings is 1. The molecule has 1 aliphatic rings. The van der Waals surface area contributed by atoms with Gasteiger partial charge in [-0.15, -0.1) is 0 Å². The van der Waals surface area contributed by atoms with E-state index in [0.29, 0.717) is 12.2 Å². The number of likely N-dealkylation sites (N-methyl/N-ethyl adjacent to an activating group) is 1. The first-order chi connectivity index (χ1) is 9.78. The first-order valence-electron chi connectivity index (χ1n) is 6.92. The van der Waals surface area contributed by atoms with Crippen LogP contribution in [0.25, 0.3) is 0 Å². The van der Waals surface area contributed by atoms with Crippen LogP contribution in [0.5, 0.6) is 5.75 Å². The van der Waals surface area contributed by atoms with E-state index in [4.69, 9.17) is 14.7 Å². The van der Waals surface area contributed by atoms with Crippen molar-refractivity contribution < 1.29 is 9.47 Å².